The van der Waals surface area contributed by atoms with Crippen LogP contribution < -0.4 is 15.8 Å². The fraction of sp³-hybridized carbons (Fsp3) is 0.188. The van der Waals surface area contributed by atoms with Gasteiger partial charge in [-0.05, 0) is 55.3 Å². The van der Waals surface area contributed by atoms with E-state index in [2.05, 4.69) is 11.4 Å². The molecule has 0 aliphatic carbocycles. The molecule has 4 nitrogen and oxygen atoms in total. The minimum atomic E-state index is -0.187. The summed E-state index contributed by atoms with van der Waals surface area (Å²) in [6, 6.07) is 10.9. The Morgan fingerprint density at radius 1 is 1.10 bits per heavy atom. The lowest BCUT2D eigenvalue weighted by atomic mass is 10.1. The lowest BCUT2D eigenvalue weighted by Crippen LogP contribution is -2.12. The van der Waals surface area contributed by atoms with E-state index in [0.29, 0.717) is 17.0 Å². The lowest BCUT2D eigenvalue weighted by molar-refractivity contribution is 0.102. The molecule has 2 aromatic rings. The second-order valence-corrected chi connectivity index (χ2v) is 4.79. The number of rotatable bonds is 3. The van der Waals surface area contributed by atoms with Crippen LogP contribution in [0.4, 0.5) is 11.4 Å². The summed E-state index contributed by atoms with van der Waals surface area (Å²) in [5.74, 6) is 0.311. The Morgan fingerprint density at radius 3 is 2.35 bits per heavy atom. The Bertz CT molecular complexity index is 631. The molecule has 0 heterocycles. The van der Waals surface area contributed by atoms with E-state index in [1.807, 2.05) is 26.0 Å². The van der Waals surface area contributed by atoms with Crippen LogP contribution >= 0.6 is 0 Å². The van der Waals surface area contributed by atoms with E-state index in [9.17, 15) is 4.79 Å². The zero-order valence-corrected chi connectivity index (χ0v) is 11.9. The van der Waals surface area contributed by atoms with E-state index in [-0.39, 0.29) is 5.91 Å². The first-order chi connectivity index (χ1) is 9.49. The van der Waals surface area contributed by atoms with Gasteiger partial charge in [0, 0.05) is 11.3 Å². The van der Waals surface area contributed by atoms with Gasteiger partial charge in [-0.1, -0.05) is 6.07 Å². The molecule has 0 radical (unpaired) electrons. The molecule has 2 aromatic carbocycles. The third-order valence-electron chi connectivity index (χ3n) is 2.98. The number of aryl methyl sites for hydroxylation is 2. The topological polar surface area (TPSA) is 64.3 Å². The van der Waals surface area contributed by atoms with Crippen molar-refractivity contribution in [2.45, 2.75) is 13.8 Å². The van der Waals surface area contributed by atoms with Crippen molar-refractivity contribution in [2.75, 3.05) is 18.2 Å². The molecule has 0 saturated carbocycles. The number of amides is 1. The highest BCUT2D eigenvalue weighted by Gasteiger charge is 2.09. The molecule has 0 atom stereocenters. The van der Waals surface area contributed by atoms with Gasteiger partial charge in [0.05, 0.1) is 12.8 Å². The first-order valence-electron chi connectivity index (χ1n) is 6.33. The monoisotopic (exact) mass is 270 g/mol. The van der Waals surface area contributed by atoms with Crippen molar-refractivity contribution < 1.29 is 9.53 Å². The van der Waals surface area contributed by atoms with Gasteiger partial charge in [-0.25, -0.2) is 0 Å². The third kappa shape index (κ3) is 3.09. The molecule has 0 aliphatic rings. The van der Waals surface area contributed by atoms with Crippen LogP contribution in [0.15, 0.2) is 36.4 Å². The second-order valence-electron chi connectivity index (χ2n) is 4.79. The summed E-state index contributed by atoms with van der Waals surface area (Å²) in [6.45, 7) is 3.99. The summed E-state index contributed by atoms with van der Waals surface area (Å²) in [6.07, 6.45) is 0. The van der Waals surface area contributed by atoms with E-state index in [4.69, 9.17) is 10.5 Å². The zero-order valence-electron chi connectivity index (χ0n) is 11.9. The average Bonchev–Trinajstić information content (AvgIpc) is 2.37. The maximum Gasteiger partial charge on any atom is 0.255 e. The smallest absolute Gasteiger partial charge is 0.255 e. The van der Waals surface area contributed by atoms with E-state index < -0.39 is 0 Å². The predicted molar refractivity (Wildman–Crippen MR) is 81.3 cm³/mol. The highest BCUT2D eigenvalue weighted by Crippen LogP contribution is 2.23. The highest BCUT2D eigenvalue weighted by molar-refractivity contribution is 6.04. The van der Waals surface area contributed by atoms with Gasteiger partial charge < -0.3 is 15.8 Å². The van der Waals surface area contributed by atoms with Crippen LogP contribution in [0.25, 0.3) is 0 Å². The van der Waals surface area contributed by atoms with Crippen LogP contribution in [-0.4, -0.2) is 13.0 Å². The minimum Gasteiger partial charge on any atom is -0.495 e. The van der Waals surface area contributed by atoms with Crippen molar-refractivity contribution in [3.63, 3.8) is 0 Å². The normalized spacial score (nSPS) is 10.2. The summed E-state index contributed by atoms with van der Waals surface area (Å²) in [5.41, 5.74) is 9.75. The van der Waals surface area contributed by atoms with Gasteiger partial charge in [-0.2, -0.15) is 0 Å². The van der Waals surface area contributed by atoms with E-state index in [1.165, 1.54) is 7.11 Å². The minimum absolute atomic E-state index is 0.187. The molecule has 4 heteroatoms. The van der Waals surface area contributed by atoms with Gasteiger partial charge in [0.15, 0.2) is 0 Å². The molecule has 0 saturated heterocycles. The number of nitrogens with one attached hydrogen (secondary N) is 1. The fourth-order valence-electron chi connectivity index (χ4n) is 2.10. The number of anilines is 2. The Kier molecular flexibility index (Phi) is 3.94. The molecular formula is C16H18N2O2. The van der Waals surface area contributed by atoms with Crippen LogP contribution in [-0.2, 0) is 0 Å². The first-order valence-corrected chi connectivity index (χ1v) is 6.33. The summed E-state index contributed by atoms with van der Waals surface area (Å²) < 4.78 is 5.12. The molecular weight excluding hydrogens is 252 g/mol. The number of benzene rings is 2. The molecule has 0 bridgehead atoms. The Labute approximate surface area is 118 Å². The first kappa shape index (κ1) is 13.9. The maximum atomic E-state index is 12.2. The molecule has 2 rings (SSSR count). The number of nitrogen functional groups attached to an aromatic ring is 1. The molecule has 0 aliphatic heterocycles. The van der Waals surface area contributed by atoms with Gasteiger partial charge in [-0.15, -0.1) is 0 Å². The molecule has 0 spiro atoms. The number of hydrogen-bond acceptors (Lipinski definition) is 3. The lowest BCUT2D eigenvalue weighted by Gasteiger charge is -2.09. The number of nitrogens with two attached hydrogens (primary N) is 1. The molecule has 20 heavy (non-hydrogen) atoms. The van der Waals surface area contributed by atoms with Crippen molar-refractivity contribution in [1.29, 1.82) is 0 Å². The summed E-state index contributed by atoms with van der Waals surface area (Å²) in [7, 11) is 1.53. The van der Waals surface area contributed by atoms with Crippen LogP contribution in [0, 0.1) is 13.8 Å². The summed E-state index contributed by atoms with van der Waals surface area (Å²) in [5, 5.41) is 2.88. The van der Waals surface area contributed by atoms with Crippen molar-refractivity contribution in [2.24, 2.45) is 0 Å². The van der Waals surface area contributed by atoms with Crippen LogP contribution in [0.3, 0.4) is 0 Å². The van der Waals surface area contributed by atoms with Crippen molar-refractivity contribution in [3.8, 4) is 5.75 Å². The number of ether oxygens (including phenoxy) is 1. The Balaban J connectivity index is 2.23. The summed E-state index contributed by atoms with van der Waals surface area (Å²) >= 11 is 0. The molecule has 0 aromatic heterocycles. The molecule has 104 valence electrons. The number of carbonyl (C=O) groups excluding carboxylic acids is 1. The standard InChI is InChI=1S/C16H18N2O2/c1-10-6-11(2)8-13(7-10)18-16(19)12-4-5-14(17)15(9-12)20-3/h4-9H,17H2,1-3H3,(H,18,19). The largest absolute Gasteiger partial charge is 0.495 e. The van der Waals surface area contributed by atoms with E-state index in [1.54, 1.807) is 18.2 Å². The Morgan fingerprint density at radius 2 is 1.75 bits per heavy atom. The molecule has 0 fully saturated rings. The van der Waals surface area contributed by atoms with Crippen molar-refractivity contribution >= 4 is 17.3 Å². The quantitative estimate of drug-likeness (QED) is 0.842. The molecule has 1 amide bonds. The van der Waals surface area contributed by atoms with Gasteiger partial charge >= 0.3 is 0 Å². The van der Waals surface area contributed by atoms with Crippen LogP contribution in [0.1, 0.15) is 21.5 Å². The second kappa shape index (κ2) is 5.65. The van der Waals surface area contributed by atoms with Gasteiger partial charge in [0.2, 0.25) is 0 Å². The number of hydrogen-bond donors (Lipinski definition) is 2. The van der Waals surface area contributed by atoms with Crippen LogP contribution in [0.5, 0.6) is 5.75 Å². The Hall–Kier alpha value is -2.49. The molecule has 0 unspecified atom stereocenters. The van der Waals surface area contributed by atoms with Crippen molar-refractivity contribution in [3.05, 3.63) is 53.1 Å². The van der Waals surface area contributed by atoms with Crippen LogP contribution in [0.2, 0.25) is 0 Å². The third-order valence-corrected chi connectivity index (χ3v) is 2.98. The fourth-order valence-corrected chi connectivity index (χ4v) is 2.10. The van der Waals surface area contributed by atoms with E-state index >= 15 is 0 Å². The SMILES string of the molecule is COc1cc(C(=O)Nc2cc(C)cc(C)c2)ccc1N. The molecule has 3 N–H and O–H groups in total. The average molecular weight is 270 g/mol. The van der Waals surface area contributed by atoms with E-state index in [0.717, 1.165) is 16.8 Å². The van der Waals surface area contributed by atoms with Gasteiger partial charge in [-0.3, -0.25) is 4.79 Å². The highest BCUT2D eigenvalue weighted by atomic mass is 16.5. The summed E-state index contributed by atoms with van der Waals surface area (Å²) in [4.78, 5) is 12.2. The van der Waals surface area contributed by atoms with Gasteiger partial charge in [0.25, 0.3) is 5.91 Å². The number of carbonyl (C=O) groups is 1. The van der Waals surface area contributed by atoms with Gasteiger partial charge in [0.1, 0.15) is 5.75 Å². The number of methoxy groups -OCH3 is 1. The predicted octanol–water partition coefficient (Wildman–Crippen LogP) is 3.15. The maximum absolute atomic E-state index is 12.2. The van der Waals surface area contributed by atoms with Crippen molar-refractivity contribution in [1.82, 2.24) is 0 Å². The zero-order chi connectivity index (χ0) is 14.7.